The van der Waals surface area contributed by atoms with Crippen molar-refractivity contribution in [2.75, 3.05) is 18.4 Å². The zero-order valence-corrected chi connectivity index (χ0v) is 11.9. The topological polar surface area (TPSA) is 110 Å². The Kier molecular flexibility index (Phi) is 4.43. The molecule has 2 rings (SSSR count). The van der Waals surface area contributed by atoms with E-state index in [0.717, 1.165) is 0 Å². The molecule has 0 radical (unpaired) electrons. The smallest absolute Gasteiger partial charge is 0.343 e. The minimum Gasteiger partial charge on any atom is -0.482 e. The highest BCUT2D eigenvalue weighted by molar-refractivity contribution is 7.92. The Labute approximate surface area is 121 Å². The van der Waals surface area contributed by atoms with Gasteiger partial charge in [0.25, 0.3) is 10.0 Å². The van der Waals surface area contributed by atoms with Crippen LogP contribution in [0.25, 0.3) is 0 Å². The van der Waals surface area contributed by atoms with Crippen molar-refractivity contribution in [1.82, 2.24) is 10.2 Å². The Bertz CT molecular complexity index is 695. The van der Waals surface area contributed by atoms with Crippen LogP contribution in [0.3, 0.4) is 0 Å². The van der Waals surface area contributed by atoms with Crippen LogP contribution in [-0.4, -0.2) is 38.3 Å². The molecule has 2 aromatic rings. The Morgan fingerprint density at radius 2 is 2.00 bits per heavy atom. The van der Waals surface area contributed by atoms with Gasteiger partial charge in [-0.3, -0.25) is 9.82 Å². The summed E-state index contributed by atoms with van der Waals surface area (Å²) >= 11 is 0. The van der Waals surface area contributed by atoms with Gasteiger partial charge in [-0.2, -0.15) is 13.5 Å². The molecule has 2 N–H and O–H groups in total. The number of nitrogens with one attached hydrogen (secondary N) is 2. The van der Waals surface area contributed by atoms with Crippen LogP contribution in [0.5, 0.6) is 5.75 Å². The van der Waals surface area contributed by atoms with Gasteiger partial charge in [0.05, 0.1) is 13.3 Å². The number of aromatic amines is 1. The standard InChI is InChI=1S/C12H13N3O5S/c1-19-12(16)8-20-10-4-2-9(3-5-10)15-21(17,18)11-6-7-13-14-11/h2-7,15H,8H2,1H3,(H,13,14). The lowest BCUT2D eigenvalue weighted by atomic mass is 10.3. The molecule has 9 heteroatoms. The molecule has 0 fully saturated rings. The van der Waals surface area contributed by atoms with Gasteiger partial charge in [0, 0.05) is 5.69 Å². The average molecular weight is 311 g/mol. The SMILES string of the molecule is COC(=O)COc1ccc(NS(=O)(=O)c2ccn[nH]2)cc1. The number of methoxy groups -OCH3 is 1. The highest BCUT2D eigenvalue weighted by Gasteiger charge is 2.15. The lowest BCUT2D eigenvalue weighted by Gasteiger charge is -2.08. The molecule has 0 aliphatic rings. The number of nitrogens with zero attached hydrogens (tertiary/aromatic N) is 1. The number of rotatable bonds is 6. The molecular formula is C12H13N3O5S. The van der Waals surface area contributed by atoms with E-state index in [0.29, 0.717) is 11.4 Å². The van der Waals surface area contributed by atoms with Gasteiger partial charge in [-0.25, -0.2) is 4.79 Å². The van der Waals surface area contributed by atoms with E-state index in [-0.39, 0.29) is 11.6 Å². The van der Waals surface area contributed by atoms with Crippen LogP contribution in [0.1, 0.15) is 0 Å². The maximum Gasteiger partial charge on any atom is 0.343 e. The molecule has 1 aromatic heterocycles. The lowest BCUT2D eigenvalue weighted by molar-refractivity contribution is -0.142. The minimum atomic E-state index is -3.70. The van der Waals surface area contributed by atoms with E-state index >= 15 is 0 Å². The van der Waals surface area contributed by atoms with Gasteiger partial charge in [0.1, 0.15) is 5.75 Å². The quantitative estimate of drug-likeness (QED) is 0.762. The highest BCUT2D eigenvalue weighted by Crippen LogP contribution is 2.18. The largest absolute Gasteiger partial charge is 0.482 e. The number of esters is 1. The molecule has 0 unspecified atom stereocenters. The number of H-pyrrole nitrogens is 1. The third-order valence-corrected chi connectivity index (χ3v) is 3.77. The van der Waals surface area contributed by atoms with Crippen LogP contribution < -0.4 is 9.46 Å². The minimum absolute atomic E-state index is 0.0338. The van der Waals surface area contributed by atoms with Crippen molar-refractivity contribution in [2.45, 2.75) is 5.03 Å². The number of sulfonamides is 1. The number of ether oxygens (including phenoxy) is 2. The Morgan fingerprint density at radius 1 is 1.29 bits per heavy atom. The van der Waals surface area contributed by atoms with Crippen molar-refractivity contribution < 1.29 is 22.7 Å². The number of aromatic nitrogens is 2. The van der Waals surface area contributed by atoms with E-state index in [1.54, 1.807) is 0 Å². The molecule has 0 atom stereocenters. The maximum absolute atomic E-state index is 11.9. The van der Waals surface area contributed by atoms with E-state index in [1.165, 1.54) is 43.6 Å². The molecular weight excluding hydrogens is 298 g/mol. The first-order chi connectivity index (χ1) is 10.0. The molecule has 0 spiro atoms. The van der Waals surface area contributed by atoms with Crippen molar-refractivity contribution in [1.29, 1.82) is 0 Å². The van der Waals surface area contributed by atoms with Crippen molar-refractivity contribution in [2.24, 2.45) is 0 Å². The van der Waals surface area contributed by atoms with Gasteiger partial charge in [-0.1, -0.05) is 0 Å². The number of benzene rings is 1. The molecule has 21 heavy (non-hydrogen) atoms. The van der Waals surface area contributed by atoms with E-state index in [1.807, 2.05) is 0 Å². The van der Waals surface area contributed by atoms with Gasteiger partial charge < -0.3 is 9.47 Å². The fourth-order valence-corrected chi connectivity index (χ4v) is 2.39. The first-order valence-corrected chi connectivity index (χ1v) is 7.31. The van der Waals surface area contributed by atoms with Crippen LogP contribution >= 0.6 is 0 Å². The first kappa shape index (κ1) is 14.9. The summed E-state index contributed by atoms with van der Waals surface area (Å²) in [5, 5.41) is 5.92. The van der Waals surface area contributed by atoms with E-state index < -0.39 is 16.0 Å². The van der Waals surface area contributed by atoms with Crippen LogP contribution in [0, 0.1) is 0 Å². The van der Waals surface area contributed by atoms with E-state index in [9.17, 15) is 13.2 Å². The normalized spacial score (nSPS) is 10.9. The highest BCUT2D eigenvalue weighted by atomic mass is 32.2. The van der Waals surface area contributed by atoms with Gasteiger partial charge in [-0.05, 0) is 30.3 Å². The number of carbonyl (C=O) groups is 1. The Hall–Kier alpha value is -2.55. The monoisotopic (exact) mass is 311 g/mol. The van der Waals surface area contributed by atoms with Gasteiger partial charge in [0.2, 0.25) is 0 Å². The summed E-state index contributed by atoms with van der Waals surface area (Å²) < 4.78 is 35.8. The third kappa shape index (κ3) is 3.96. The number of hydrogen-bond acceptors (Lipinski definition) is 6. The van der Waals surface area contributed by atoms with Gasteiger partial charge in [0.15, 0.2) is 11.6 Å². The Morgan fingerprint density at radius 3 is 2.57 bits per heavy atom. The summed E-state index contributed by atoms with van der Waals surface area (Å²) in [4.78, 5) is 10.9. The molecule has 1 aromatic carbocycles. The summed E-state index contributed by atoms with van der Waals surface area (Å²) in [5.74, 6) is -0.0797. The lowest BCUT2D eigenvalue weighted by Crippen LogP contribution is -2.14. The van der Waals surface area contributed by atoms with E-state index in [2.05, 4.69) is 19.7 Å². The van der Waals surface area contributed by atoms with Crippen LogP contribution in [-0.2, 0) is 19.6 Å². The predicted octanol–water partition coefficient (Wildman–Crippen LogP) is 0.762. The molecule has 0 saturated heterocycles. The van der Waals surface area contributed by atoms with Crippen molar-refractivity contribution in [3.63, 3.8) is 0 Å². The number of anilines is 1. The summed E-state index contributed by atoms with van der Waals surface area (Å²) in [7, 11) is -2.43. The molecule has 8 nitrogen and oxygen atoms in total. The van der Waals surface area contributed by atoms with Gasteiger partial charge >= 0.3 is 5.97 Å². The molecule has 0 bridgehead atoms. The summed E-state index contributed by atoms with van der Waals surface area (Å²) in [6.45, 7) is -0.213. The Balaban J connectivity index is 2.01. The molecule has 0 aliphatic heterocycles. The number of hydrogen-bond donors (Lipinski definition) is 2. The summed E-state index contributed by atoms with van der Waals surface area (Å²) in [6, 6.07) is 7.44. The molecule has 1 heterocycles. The molecule has 0 saturated carbocycles. The van der Waals surface area contributed by atoms with Crippen LogP contribution in [0.2, 0.25) is 0 Å². The zero-order valence-electron chi connectivity index (χ0n) is 11.1. The van der Waals surface area contributed by atoms with Crippen molar-refractivity contribution in [3.05, 3.63) is 36.5 Å². The maximum atomic E-state index is 11.9. The third-order valence-electron chi connectivity index (χ3n) is 2.46. The van der Waals surface area contributed by atoms with Crippen molar-refractivity contribution in [3.8, 4) is 5.75 Å². The fourth-order valence-electron chi connectivity index (χ4n) is 1.42. The molecule has 112 valence electrons. The summed E-state index contributed by atoms with van der Waals surface area (Å²) in [6.07, 6.45) is 1.35. The summed E-state index contributed by atoms with van der Waals surface area (Å²) in [5.41, 5.74) is 0.356. The second kappa shape index (κ2) is 6.27. The molecule has 0 amide bonds. The van der Waals surface area contributed by atoms with Crippen LogP contribution in [0.15, 0.2) is 41.6 Å². The van der Waals surface area contributed by atoms with Gasteiger partial charge in [-0.15, -0.1) is 0 Å². The number of carbonyl (C=O) groups excluding carboxylic acids is 1. The average Bonchev–Trinajstić information content (AvgIpc) is 3.01. The molecule has 0 aliphatic carbocycles. The first-order valence-electron chi connectivity index (χ1n) is 5.83. The second-order valence-electron chi connectivity index (χ2n) is 3.92. The second-order valence-corrected chi connectivity index (χ2v) is 5.57. The van der Waals surface area contributed by atoms with E-state index in [4.69, 9.17) is 4.74 Å². The van der Waals surface area contributed by atoms with Crippen molar-refractivity contribution >= 4 is 21.7 Å². The fraction of sp³-hybridized carbons (Fsp3) is 0.167. The zero-order chi connectivity index (χ0) is 15.3. The predicted molar refractivity (Wildman–Crippen MR) is 73.3 cm³/mol. The van der Waals surface area contributed by atoms with Crippen LogP contribution in [0.4, 0.5) is 5.69 Å².